The van der Waals surface area contributed by atoms with E-state index in [1.807, 2.05) is 31.2 Å². The van der Waals surface area contributed by atoms with E-state index < -0.39 is 15.8 Å². The summed E-state index contributed by atoms with van der Waals surface area (Å²) in [6.45, 7) is 3.74. The molecule has 0 aliphatic carbocycles. The summed E-state index contributed by atoms with van der Waals surface area (Å²) in [5.74, 6) is -0.462. The van der Waals surface area contributed by atoms with E-state index in [1.54, 1.807) is 6.92 Å². The summed E-state index contributed by atoms with van der Waals surface area (Å²) in [5, 5.41) is 0. The molecule has 20 heavy (non-hydrogen) atoms. The van der Waals surface area contributed by atoms with Crippen molar-refractivity contribution in [2.45, 2.75) is 24.8 Å². The first-order valence-corrected chi connectivity index (χ1v) is 7.71. The smallest absolute Gasteiger partial charge is 0.207 e. The summed E-state index contributed by atoms with van der Waals surface area (Å²) < 4.78 is 39.7. The van der Waals surface area contributed by atoms with Gasteiger partial charge in [-0.2, -0.15) is 0 Å². The summed E-state index contributed by atoms with van der Waals surface area (Å²) >= 11 is 0. The lowest BCUT2D eigenvalue weighted by Gasteiger charge is -2.15. The van der Waals surface area contributed by atoms with Gasteiger partial charge in [0.15, 0.2) is 0 Å². The van der Waals surface area contributed by atoms with Gasteiger partial charge < -0.3 is 0 Å². The lowest BCUT2D eigenvalue weighted by molar-refractivity contribution is 0.566. The van der Waals surface area contributed by atoms with Crippen LogP contribution in [0.5, 0.6) is 0 Å². The van der Waals surface area contributed by atoms with Crippen LogP contribution in [0.25, 0.3) is 0 Å². The lowest BCUT2D eigenvalue weighted by atomic mass is 10.1. The van der Waals surface area contributed by atoms with E-state index >= 15 is 0 Å². The zero-order valence-electron chi connectivity index (χ0n) is 11.3. The van der Waals surface area contributed by atoms with Crippen LogP contribution in [0.15, 0.2) is 53.4 Å². The highest BCUT2D eigenvalue weighted by atomic mass is 32.2. The fourth-order valence-electron chi connectivity index (χ4n) is 1.84. The van der Waals surface area contributed by atoms with Crippen molar-refractivity contribution < 1.29 is 12.8 Å². The minimum absolute atomic E-state index is 0.0536. The first-order chi connectivity index (χ1) is 9.38. The summed E-state index contributed by atoms with van der Waals surface area (Å²) in [7, 11) is -3.65. The Morgan fingerprint density at radius 1 is 1.00 bits per heavy atom. The Kier molecular flexibility index (Phi) is 4.20. The van der Waals surface area contributed by atoms with E-state index in [9.17, 15) is 12.8 Å². The molecule has 5 heteroatoms. The van der Waals surface area contributed by atoms with E-state index in [2.05, 4.69) is 4.72 Å². The topological polar surface area (TPSA) is 46.2 Å². The van der Waals surface area contributed by atoms with Crippen molar-refractivity contribution in [2.75, 3.05) is 0 Å². The molecule has 3 nitrogen and oxygen atoms in total. The fraction of sp³-hybridized carbons (Fsp3) is 0.200. The first kappa shape index (κ1) is 14.7. The molecule has 2 aromatic carbocycles. The molecule has 0 saturated heterocycles. The first-order valence-electron chi connectivity index (χ1n) is 6.23. The van der Waals surface area contributed by atoms with Crippen molar-refractivity contribution in [1.29, 1.82) is 0 Å². The quantitative estimate of drug-likeness (QED) is 0.941. The molecule has 0 aliphatic rings. The molecule has 2 rings (SSSR count). The predicted octanol–water partition coefficient (Wildman–Crippen LogP) is 3.17. The molecule has 0 aromatic heterocycles. The second kappa shape index (κ2) is 5.73. The van der Waals surface area contributed by atoms with Gasteiger partial charge in [-0.25, -0.2) is 17.5 Å². The third-order valence-corrected chi connectivity index (χ3v) is 4.59. The van der Waals surface area contributed by atoms with Crippen molar-refractivity contribution in [1.82, 2.24) is 4.72 Å². The van der Waals surface area contributed by atoms with E-state index in [0.717, 1.165) is 23.3 Å². The van der Waals surface area contributed by atoms with Crippen molar-refractivity contribution >= 4 is 10.0 Å². The van der Waals surface area contributed by atoms with E-state index in [-0.39, 0.29) is 10.9 Å². The van der Waals surface area contributed by atoms with Crippen LogP contribution in [0.3, 0.4) is 0 Å². The van der Waals surface area contributed by atoms with Gasteiger partial charge in [-0.05, 0) is 43.7 Å². The molecule has 0 radical (unpaired) electrons. The van der Waals surface area contributed by atoms with E-state index in [4.69, 9.17) is 0 Å². The largest absolute Gasteiger partial charge is 0.241 e. The van der Waals surface area contributed by atoms with Gasteiger partial charge in [0.05, 0.1) is 4.90 Å². The monoisotopic (exact) mass is 293 g/mol. The number of halogens is 1. The zero-order chi connectivity index (χ0) is 14.8. The summed E-state index contributed by atoms with van der Waals surface area (Å²) in [6, 6.07) is 12.0. The maximum Gasteiger partial charge on any atom is 0.241 e. The average Bonchev–Trinajstić information content (AvgIpc) is 2.39. The van der Waals surface area contributed by atoms with Gasteiger partial charge in [0.1, 0.15) is 5.82 Å². The SMILES string of the molecule is Cc1ccc([C@@H](C)NS(=O)(=O)c2ccc(F)cc2)cc1. The number of sulfonamides is 1. The summed E-state index contributed by atoms with van der Waals surface area (Å²) in [6.07, 6.45) is 0. The third kappa shape index (κ3) is 3.43. The van der Waals surface area contributed by atoms with Crippen molar-refractivity contribution in [3.63, 3.8) is 0 Å². The van der Waals surface area contributed by atoms with Crippen molar-refractivity contribution in [2.24, 2.45) is 0 Å². The number of benzene rings is 2. The highest BCUT2D eigenvalue weighted by Crippen LogP contribution is 2.17. The molecule has 0 fully saturated rings. The van der Waals surface area contributed by atoms with Gasteiger partial charge in [0, 0.05) is 6.04 Å². The maximum atomic E-state index is 12.8. The van der Waals surface area contributed by atoms with Gasteiger partial charge in [-0.3, -0.25) is 0 Å². The number of rotatable bonds is 4. The Hall–Kier alpha value is -1.72. The molecule has 0 spiro atoms. The molecular weight excluding hydrogens is 277 g/mol. The standard InChI is InChI=1S/C15H16FNO2S/c1-11-3-5-13(6-4-11)12(2)17-20(18,19)15-9-7-14(16)8-10-15/h3-10,12,17H,1-2H3/t12-/m1/s1. The number of hydrogen-bond acceptors (Lipinski definition) is 2. The number of nitrogens with one attached hydrogen (secondary N) is 1. The molecule has 0 amide bonds. The molecule has 0 saturated carbocycles. The minimum Gasteiger partial charge on any atom is -0.207 e. The summed E-state index contributed by atoms with van der Waals surface area (Å²) in [4.78, 5) is 0.0536. The van der Waals surface area contributed by atoms with Crippen LogP contribution < -0.4 is 4.72 Å². The van der Waals surface area contributed by atoms with Gasteiger partial charge in [0.25, 0.3) is 0 Å². The predicted molar refractivity (Wildman–Crippen MR) is 76.3 cm³/mol. The van der Waals surface area contributed by atoms with Gasteiger partial charge >= 0.3 is 0 Å². The second-order valence-corrected chi connectivity index (χ2v) is 6.42. The summed E-state index contributed by atoms with van der Waals surface area (Å²) in [5.41, 5.74) is 1.99. The van der Waals surface area contributed by atoms with Crippen LogP contribution in [-0.2, 0) is 10.0 Å². The molecular formula is C15H16FNO2S. The van der Waals surface area contributed by atoms with Crippen LogP contribution in [0.2, 0.25) is 0 Å². The van der Waals surface area contributed by atoms with Gasteiger partial charge in [-0.15, -0.1) is 0 Å². The van der Waals surface area contributed by atoms with Crippen LogP contribution in [0.1, 0.15) is 24.1 Å². The van der Waals surface area contributed by atoms with Crippen LogP contribution in [-0.4, -0.2) is 8.42 Å². The average molecular weight is 293 g/mol. The van der Waals surface area contributed by atoms with Crippen molar-refractivity contribution in [3.05, 3.63) is 65.5 Å². The zero-order valence-corrected chi connectivity index (χ0v) is 12.1. The Morgan fingerprint density at radius 3 is 2.10 bits per heavy atom. The highest BCUT2D eigenvalue weighted by Gasteiger charge is 2.18. The van der Waals surface area contributed by atoms with E-state index in [1.165, 1.54) is 12.1 Å². The fourth-order valence-corrected chi connectivity index (χ4v) is 3.07. The Morgan fingerprint density at radius 2 is 1.55 bits per heavy atom. The van der Waals surface area contributed by atoms with Crippen LogP contribution in [0.4, 0.5) is 4.39 Å². The Bertz CT molecular complexity index is 679. The number of aryl methyl sites for hydroxylation is 1. The molecule has 2 aromatic rings. The van der Waals surface area contributed by atoms with Crippen LogP contribution in [0, 0.1) is 12.7 Å². The molecule has 1 atom stereocenters. The Labute approximate surface area is 118 Å². The molecule has 0 aliphatic heterocycles. The molecule has 0 heterocycles. The molecule has 0 bridgehead atoms. The lowest BCUT2D eigenvalue weighted by Crippen LogP contribution is -2.26. The minimum atomic E-state index is -3.65. The van der Waals surface area contributed by atoms with Crippen molar-refractivity contribution in [3.8, 4) is 0 Å². The number of hydrogen-bond donors (Lipinski definition) is 1. The van der Waals surface area contributed by atoms with Gasteiger partial charge in [0.2, 0.25) is 10.0 Å². The molecule has 1 N–H and O–H groups in total. The normalized spacial score (nSPS) is 13.2. The van der Waals surface area contributed by atoms with Gasteiger partial charge in [-0.1, -0.05) is 29.8 Å². The molecule has 0 unspecified atom stereocenters. The Balaban J connectivity index is 2.19. The third-order valence-electron chi connectivity index (χ3n) is 3.03. The van der Waals surface area contributed by atoms with E-state index in [0.29, 0.717) is 0 Å². The highest BCUT2D eigenvalue weighted by molar-refractivity contribution is 7.89. The molecule has 106 valence electrons. The maximum absolute atomic E-state index is 12.8. The van der Waals surface area contributed by atoms with Crippen LogP contribution >= 0.6 is 0 Å². The second-order valence-electron chi connectivity index (χ2n) is 4.71.